The number of piperidine rings is 1. The first-order chi connectivity index (χ1) is 10.9. The zero-order chi connectivity index (χ0) is 18.6. The summed E-state index contributed by atoms with van der Waals surface area (Å²) in [6.07, 6.45) is 6.52. The minimum Gasteiger partial charge on any atom is -0.388 e. The second-order valence-corrected chi connectivity index (χ2v) is 9.48. The summed E-state index contributed by atoms with van der Waals surface area (Å²) < 4.78 is 0. The van der Waals surface area contributed by atoms with Gasteiger partial charge in [0.05, 0.1) is 12.2 Å². The summed E-state index contributed by atoms with van der Waals surface area (Å²) in [7, 11) is 0. The van der Waals surface area contributed by atoms with Gasteiger partial charge in [-0.1, -0.05) is 12.8 Å². The summed E-state index contributed by atoms with van der Waals surface area (Å²) in [6, 6.07) is 0.234. The van der Waals surface area contributed by atoms with Gasteiger partial charge < -0.3 is 16.6 Å². The average molecular weight is 344 g/mol. The topological polar surface area (TPSA) is 84.7 Å². The van der Waals surface area contributed by atoms with E-state index in [1.165, 1.54) is 6.42 Å². The standard InChI is InChI=1S/C19H41N3O2/c1-17(2)12-15(16(21)10-8-7-9-11-20)13-18(3,4)22(17)24-14-19(5,6)23/h15-16,23H,7-14,20-21H2,1-6H3. The highest BCUT2D eigenvalue weighted by Crippen LogP contribution is 2.43. The van der Waals surface area contributed by atoms with Crippen molar-refractivity contribution in [2.24, 2.45) is 17.4 Å². The van der Waals surface area contributed by atoms with Crippen LogP contribution in [-0.2, 0) is 4.84 Å². The molecular formula is C19H41N3O2. The lowest BCUT2D eigenvalue weighted by Gasteiger charge is -2.55. The Labute approximate surface area is 149 Å². The van der Waals surface area contributed by atoms with Crippen molar-refractivity contribution in [1.29, 1.82) is 0 Å². The Morgan fingerprint density at radius 2 is 1.67 bits per heavy atom. The van der Waals surface area contributed by atoms with Gasteiger partial charge in [0.1, 0.15) is 0 Å². The van der Waals surface area contributed by atoms with Gasteiger partial charge in [-0.15, -0.1) is 0 Å². The second kappa shape index (κ2) is 8.45. The molecule has 5 heteroatoms. The summed E-state index contributed by atoms with van der Waals surface area (Å²) in [4.78, 5) is 6.05. The molecule has 1 aliphatic heterocycles. The van der Waals surface area contributed by atoms with Crippen molar-refractivity contribution in [3.63, 3.8) is 0 Å². The SMILES string of the molecule is CC(C)(O)CON1C(C)(C)CC(C(N)CCCCCN)CC1(C)C. The van der Waals surface area contributed by atoms with E-state index >= 15 is 0 Å². The zero-order valence-electron chi connectivity index (χ0n) is 16.8. The van der Waals surface area contributed by atoms with Crippen LogP contribution in [0.15, 0.2) is 0 Å². The number of nitrogens with two attached hydrogens (primary N) is 2. The molecule has 0 aromatic heterocycles. The van der Waals surface area contributed by atoms with Gasteiger partial charge in [0.25, 0.3) is 0 Å². The largest absolute Gasteiger partial charge is 0.388 e. The van der Waals surface area contributed by atoms with Crippen LogP contribution in [0.1, 0.15) is 80.1 Å². The van der Waals surface area contributed by atoms with Crippen molar-refractivity contribution in [1.82, 2.24) is 5.06 Å². The molecule has 0 spiro atoms. The van der Waals surface area contributed by atoms with Crippen LogP contribution in [0.5, 0.6) is 0 Å². The van der Waals surface area contributed by atoms with E-state index in [0.717, 1.165) is 38.6 Å². The van der Waals surface area contributed by atoms with Gasteiger partial charge in [0, 0.05) is 17.1 Å². The fourth-order valence-corrected chi connectivity index (χ4v) is 4.15. The third-order valence-electron chi connectivity index (χ3n) is 5.02. The van der Waals surface area contributed by atoms with E-state index in [2.05, 4.69) is 32.8 Å². The summed E-state index contributed by atoms with van der Waals surface area (Å²) in [5, 5.41) is 12.1. The van der Waals surface area contributed by atoms with E-state index in [4.69, 9.17) is 16.3 Å². The molecule has 0 saturated carbocycles. The van der Waals surface area contributed by atoms with Crippen LogP contribution in [0.2, 0.25) is 0 Å². The quantitative estimate of drug-likeness (QED) is 0.561. The smallest absolute Gasteiger partial charge is 0.0967 e. The molecule has 1 atom stereocenters. The first-order valence-corrected chi connectivity index (χ1v) is 9.50. The Hall–Kier alpha value is -0.200. The van der Waals surface area contributed by atoms with E-state index in [-0.39, 0.29) is 17.1 Å². The van der Waals surface area contributed by atoms with Gasteiger partial charge in [0.2, 0.25) is 0 Å². The molecule has 1 aliphatic rings. The number of hydrogen-bond donors (Lipinski definition) is 3. The van der Waals surface area contributed by atoms with Crippen molar-refractivity contribution >= 4 is 0 Å². The highest BCUT2D eigenvalue weighted by Gasteiger charge is 2.48. The molecule has 1 heterocycles. The minimum atomic E-state index is -0.831. The number of rotatable bonds is 9. The number of nitrogens with zero attached hydrogens (tertiary/aromatic N) is 1. The third kappa shape index (κ3) is 6.60. The van der Waals surface area contributed by atoms with E-state index in [0.29, 0.717) is 12.5 Å². The van der Waals surface area contributed by atoms with Crippen LogP contribution in [0.25, 0.3) is 0 Å². The Morgan fingerprint density at radius 3 is 2.12 bits per heavy atom. The van der Waals surface area contributed by atoms with E-state index in [1.54, 1.807) is 13.8 Å². The van der Waals surface area contributed by atoms with E-state index < -0.39 is 5.60 Å². The van der Waals surface area contributed by atoms with Gasteiger partial charge in [-0.3, -0.25) is 4.84 Å². The molecule has 0 bridgehead atoms. The van der Waals surface area contributed by atoms with Gasteiger partial charge >= 0.3 is 0 Å². The Kier molecular flexibility index (Phi) is 7.69. The number of unbranched alkanes of at least 4 members (excludes halogenated alkanes) is 2. The molecule has 0 aromatic carbocycles. The van der Waals surface area contributed by atoms with Gasteiger partial charge in [0.15, 0.2) is 0 Å². The minimum absolute atomic E-state index is 0.105. The lowest BCUT2D eigenvalue weighted by atomic mass is 9.72. The fraction of sp³-hybridized carbons (Fsp3) is 1.00. The number of hydrogen-bond acceptors (Lipinski definition) is 5. The lowest BCUT2D eigenvalue weighted by Crippen LogP contribution is -2.62. The third-order valence-corrected chi connectivity index (χ3v) is 5.02. The van der Waals surface area contributed by atoms with Crippen LogP contribution in [0.4, 0.5) is 0 Å². The molecule has 0 amide bonds. The van der Waals surface area contributed by atoms with Crippen molar-refractivity contribution in [2.75, 3.05) is 13.2 Å². The Balaban J connectivity index is 2.68. The average Bonchev–Trinajstić information content (AvgIpc) is 2.39. The lowest BCUT2D eigenvalue weighted by molar-refractivity contribution is -0.303. The second-order valence-electron chi connectivity index (χ2n) is 9.48. The van der Waals surface area contributed by atoms with Crippen molar-refractivity contribution in [3.05, 3.63) is 0 Å². The first kappa shape index (κ1) is 21.8. The van der Waals surface area contributed by atoms with Crippen LogP contribution >= 0.6 is 0 Å². The summed E-state index contributed by atoms with van der Waals surface area (Å²) in [5.74, 6) is 0.495. The molecule has 1 unspecified atom stereocenters. The molecule has 5 N–H and O–H groups in total. The number of aliphatic hydroxyl groups is 1. The van der Waals surface area contributed by atoms with Crippen molar-refractivity contribution < 1.29 is 9.94 Å². The Bertz CT molecular complexity index is 359. The molecule has 24 heavy (non-hydrogen) atoms. The maximum Gasteiger partial charge on any atom is 0.0967 e. The molecule has 1 saturated heterocycles. The zero-order valence-corrected chi connectivity index (χ0v) is 16.8. The maximum atomic E-state index is 9.99. The molecule has 1 fully saturated rings. The highest BCUT2D eigenvalue weighted by atomic mass is 16.7. The van der Waals surface area contributed by atoms with E-state index in [1.807, 2.05) is 0 Å². The van der Waals surface area contributed by atoms with Gasteiger partial charge in [-0.2, -0.15) is 5.06 Å². The molecule has 0 aliphatic carbocycles. The van der Waals surface area contributed by atoms with Crippen molar-refractivity contribution in [2.45, 2.75) is 103 Å². The molecule has 144 valence electrons. The van der Waals surface area contributed by atoms with Crippen molar-refractivity contribution in [3.8, 4) is 0 Å². The molecule has 1 rings (SSSR count). The van der Waals surface area contributed by atoms with E-state index in [9.17, 15) is 5.11 Å². The van der Waals surface area contributed by atoms with Crippen LogP contribution in [-0.4, -0.2) is 46.0 Å². The predicted octanol–water partition coefficient (Wildman–Crippen LogP) is 2.80. The molecular weight excluding hydrogens is 302 g/mol. The predicted molar refractivity (Wildman–Crippen MR) is 100 cm³/mol. The highest BCUT2D eigenvalue weighted by molar-refractivity contribution is 4.99. The molecule has 0 aromatic rings. The fourth-order valence-electron chi connectivity index (χ4n) is 4.15. The first-order valence-electron chi connectivity index (χ1n) is 9.50. The summed E-state index contributed by atoms with van der Waals surface area (Å²) in [6.45, 7) is 13.5. The maximum absolute atomic E-state index is 9.99. The molecule has 5 nitrogen and oxygen atoms in total. The Morgan fingerprint density at radius 1 is 1.12 bits per heavy atom. The van der Waals surface area contributed by atoms with Crippen LogP contribution in [0, 0.1) is 5.92 Å². The van der Waals surface area contributed by atoms with Crippen LogP contribution < -0.4 is 11.5 Å². The van der Waals surface area contributed by atoms with Gasteiger partial charge in [-0.05, 0) is 79.7 Å². The summed E-state index contributed by atoms with van der Waals surface area (Å²) in [5.41, 5.74) is 11.1. The molecule has 0 radical (unpaired) electrons. The van der Waals surface area contributed by atoms with Gasteiger partial charge in [-0.25, -0.2) is 0 Å². The summed E-state index contributed by atoms with van der Waals surface area (Å²) >= 11 is 0. The number of hydroxylamine groups is 2. The normalized spacial score (nSPS) is 23.4. The van der Waals surface area contributed by atoms with Crippen LogP contribution in [0.3, 0.4) is 0 Å². The monoisotopic (exact) mass is 343 g/mol.